The van der Waals surface area contributed by atoms with Gasteiger partial charge in [0.15, 0.2) is 0 Å². The number of hydrogen-bond donors (Lipinski definition) is 1. The monoisotopic (exact) mass is 236 g/mol. The lowest BCUT2D eigenvalue weighted by Crippen LogP contribution is -2.34. The summed E-state index contributed by atoms with van der Waals surface area (Å²) in [5, 5.41) is 3.33. The Hall–Kier alpha value is -1.16. The van der Waals surface area contributed by atoms with Gasteiger partial charge in [-0.15, -0.1) is 0 Å². The van der Waals surface area contributed by atoms with E-state index in [1.54, 1.807) is 6.33 Å². The van der Waals surface area contributed by atoms with E-state index in [0.717, 1.165) is 31.9 Å². The largest absolute Gasteiger partial charge is 0.354 e. The van der Waals surface area contributed by atoms with Crippen molar-refractivity contribution in [1.82, 2.24) is 15.3 Å². The van der Waals surface area contributed by atoms with Crippen LogP contribution in [0, 0.1) is 0 Å². The second-order valence-electron chi connectivity index (χ2n) is 4.20. The van der Waals surface area contributed by atoms with E-state index >= 15 is 0 Å². The molecule has 4 heteroatoms. The van der Waals surface area contributed by atoms with Crippen LogP contribution in [0.1, 0.15) is 39.7 Å². The molecular formula is C13H24N4. The van der Waals surface area contributed by atoms with Crippen LogP contribution >= 0.6 is 0 Å². The van der Waals surface area contributed by atoms with Crippen LogP contribution in [0.4, 0.5) is 5.82 Å². The maximum absolute atomic E-state index is 4.45. The van der Waals surface area contributed by atoms with Crippen LogP contribution in [-0.4, -0.2) is 29.1 Å². The molecule has 17 heavy (non-hydrogen) atoms. The highest BCUT2D eigenvalue weighted by Crippen LogP contribution is 2.19. The molecule has 0 aliphatic carbocycles. The molecule has 0 amide bonds. The zero-order valence-corrected chi connectivity index (χ0v) is 11.4. The van der Waals surface area contributed by atoms with Crippen LogP contribution in [0.3, 0.4) is 0 Å². The summed E-state index contributed by atoms with van der Waals surface area (Å²) >= 11 is 0. The van der Waals surface area contributed by atoms with Crippen molar-refractivity contribution in [1.29, 1.82) is 0 Å². The average Bonchev–Trinajstić information content (AvgIpc) is 2.38. The highest BCUT2D eigenvalue weighted by Gasteiger charge is 2.15. The summed E-state index contributed by atoms with van der Waals surface area (Å²) in [7, 11) is 0. The Labute approximate surface area is 104 Å². The first-order valence-corrected chi connectivity index (χ1v) is 6.50. The molecule has 1 atom stereocenters. The van der Waals surface area contributed by atoms with Crippen LogP contribution < -0.4 is 10.2 Å². The summed E-state index contributed by atoms with van der Waals surface area (Å²) in [6, 6.07) is 0.510. The third-order valence-electron chi connectivity index (χ3n) is 3.07. The third-order valence-corrected chi connectivity index (χ3v) is 3.07. The van der Waals surface area contributed by atoms with Gasteiger partial charge in [0.25, 0.3) is 0 Å². The molecule has 0 radical (unpaired) electrons. The van der Waals surface area contributed by atoms with Gasteiger partial charge in [-0.3, -0.25) is 0 Å². The minimum Gasteiger partial charge on any atom is -0.354 e. The van der Waals surface area contributed by atoms with Crippen molar-refractivity contribution in [3.05, 3.63) is 18.1 Å². The maximum Gasteiger partial charge on any atom is 0.136 e. The highest BCUT2D eigenvalue weighted by atomic mass is 15.2. The number of anilines is 1. The molecule has 1 unspecified atom stereocenters. The van der Waals surface area contributed by atoms with Gasteiger partial charge in [0.05, 0.1) is 0 Å². The van der Waals surface area contributed by atoms with Crippen LogP contribution in [0.2, 0.25) is 0 Å². The summed E-state index contributed by atoms with van der Waals surface area (Å²) in [6.07, 6.45) is 4.67. The molecule has 1 rings (SSSR count). The van der Waals surface area contributed by atoms with E-state index in [0.29, 0.717) is 6.04 Å². The van der Waals surface area contributed by atoms with Gasteiger partial charge in [-0.05, 0) is 26.8 Å². The van der Waals surface area contributed by atoms with Gasteiger partial charge < -0.3 is 10.2 Å². The van der Waals surface area contributed by atoms with Crippen molar-refractivity contribution in [3.63, 3.8) is 0 Å². The van der Waals surface area contributed by atoms with Crippen molar-refractivity contribution in [3.8, 4) is 0 Å². The third kappa shape index (κ3) is 3.66. The number of nitrogens with one attached hydrogen (secondary N) is 1. The molecule has 1 aromatic rings. The molecule has 0 spiro atoms. The maximum atomic E-state index is 4.45. The molecule has 0 saturated heterocycles. The predicted octanol–water partition coefficient (Wildman–Crippen LogP) is 2.21. The summed E-state index contributed by atoms with van der Waals surface area (Å²) in [4.78, 5) is 10.9. The fraction of sp³-hybridized carbons (Fsp3) is 0.692. The van der Waals surface area contributed by atoms with Crippen molar-refractivity contribution in [2.45, 2.75) is 46.7 Å². The van der Waals surface area contributed by atoms with E-state index in [-0.39, 0.29) is 0 Å². The first kappa shape index (κ1) is 13.9. The Morgan fingerprint density at radius 2 is 2.12 bits per heavy atom. The summed E-state index contributed by atoms with van der Waals surface area (Å²) in [5.41, 5.74) is 1.18. The van der Waals surface area contributed by atoms with Gasteiger partial charge in [0, 0.05) is 30.9 Å². The standard InChI is InChI=1S/C13H24N4/c1-5-11(4)17(7-3)13-12(8-14-6-2)9-15-10-16-13/h9-11,14H,5-8H2,1-4H3. The molecule has 0 aliphatic rings. The van der Waals surface area contributed by atoms with Crippen LogP contribution in [0.5, 0.6) is 0 Å². The van der Waals surface area contributed by atoms with Gasteiger partial charge in [0.1, 0.15) is 12.1 Å². The minimum absolute atomic E-state index is 0.510. The molecule has 1 N–H and O–H groups in total. The summed E-state index contributed by atoms with van der Waals surface area (Å²) in [5.74, 6) is 1.07. The molecule has 0 bridgehead atoms. The fourth-order valence-corrected chi connectivity index (χ4v) is 1.89. The van der Waals surface area contributed by atoms with Gasteiger partial charge in [-0.2, -0.15) is 0 Å². The highest BCUT2D eigenvalue weighted by molar-refractivity contribution is 5.46. The van der Waals surface area contributed by atoms with E-state index in [9.17, 15) is 0 Å². The van der Waals surface area contributed by atoms with E-state index in [1.807, 2.05) is 6.20 Å². The normalized spacial score (nSPS) is 12.5. The van der Waals surface area contributed by atoms with Crippen LogP contribution in [-0.2, 0) is 6.54 Å². The van der Waals surface area contributed by atoms with Gasteiger partial charge in [-0.1, -0.05) is 13.8 Å². The van der Waals surface area contributed by atoms with Crippen molar-refractivity contribution >= 4 is 5.82 Å². The smallest absolute Gasteiger partial charge is 0.136 e. The minimum atomic E-state index is 0.510. The van der Waals surface area contributed by atoms with Crippen LogP contribution in [0.25, 0.3) is 0 Å². The Balaban J connectivity index is 2.93. The molecule has 1 heterocycles. The molecule has 0 aromatic carbocycles. The molecule has 96 valence electrons. The lowest BCUT2D eigenvalue weighted by Gasteiger charge is -2.29. The number of aromatic nitrogens is 2. The SMILES string of the molecule is CCNCc1cncnc1N(CC)C(C)CC. The van der Waals surface area contributed by atoms with E-state index in [2.05, 4.69) is 47.9 Å². The summed E-state index contributed by atoms with van der Waals surface area (Å²) < 4.78 is 0. The zero-order chi connectivity index (χ0) is 12.7. The van der Waals surface area contributed by atoms with Crippen molar-refractivity contribution < 1.29 is 0 Å². The number of hydrogen-bond acceptors (Lipinski definition) is 4. The predicted molar refractivity (Wildman–Crippen MR) is 72.2 cm³/mol. The Bertz CT molecular complexity index is 327. The Kier molecular flexibility index (Phi) is 5.91. The average molecular weight is 236 g/mol. The van der Waals surface area contributed by atoms with Gasteiger partial charge >= 0.3 is 0 Å². The van der Waals surface area contributed by atoms with E-state index in [1.165, 1.54) is 5.56 Å². The van der Waals surface area contributed by atoms with E-state index < -0.39 is 0 Å². The zero-order valence-electron chi connectivity index (χ0n) is 11.4. The van der Waals surface area contributed by atoms with Gasteiger partial charge in [0.2, 0.25) is 0 Å². The van der Waals surface area contributed by atoms with Crippen molar-refractivity contribution in [2.75, 3.05) is 18.0 Å². The first-order valence-electron chi connectivity index (χ1n) is 6.50. The molecule has 0 aliphatic heterocycles. The Morgan fingerprint density at radius 3 is 2.71 bits per heavy atom. The first-order chi connectivity index (χ1) is 8.24. The lowest BCUT2D eigenvalue weighted by atomic mass is 10.2. The molecular weight excluding hydrogens is 212 g/mol. The number of nitrogens with zero attached hydrogens (tertiary/aromatic N) is 3. The molecule has 1 aromatic heterocycles. The Morgan fingerprint density at radius 1 is 1.35 bits per heavy atom. The lowest BCUT2D eigenvalue weighted by molar-refractivity contribution is 0.614. The second kappa shape index (κ2) is 7.22. The van der Waals surface area contributed by atoms with Crippen LogP contribution in [0.15, 0.2) is 12.5 Å². The van der Waals surface area contributed by atoms with E-state index in [4.69, 9.17) is 0 Å². The molecule has 0 fully saturated rings. The topological polar surface area (TPSA) is 41.1 Å². The summed E-state index contributed by atoms with van der Waals surface area (Å²) in [6.45, 7) is 11.5. The molecule has 0 saturated carbocycles. The fourth-order valence-electron chi connectivity index (χ4n) is 1.89. The quantitative estimate of drug-likeness (QED) is 0.788. The molecule has 4 nitrogen and oxygen atoms in total. The van der Waals surface area contributed by atoms with Crippen molar-refractivity contribution in [2.24, 2.45) is 0 Å². The second-order valence-corrected chi connectivity index (χ2v) is 4.20. The van der Waals surface area contributed by atoms with Gasteiger partial charge in [-0.25, -0.2) is 9.97 Å². The number of rotatable bonds is 7.